The van der Waals surface area contributed by atoms with Crippen molar-refractivity contribution in [2.24, 2.45) is 5.92 Å². The molecule has 2 aromatic carbocycles. The first-order valence-corrected chi connectivity index (χ1v) is 8.31. The Morgan fingerprint density at radius 1 is 1.10 bits per heavy atom. The molecule has 21 heavy (non-hydrogen) atoms. The minimum atomic E-state index is -0.115. The SMILES string of the molecule is CCC(C)C(C(=O)Nc1ccc(I)cc1)c1ccccc1. The van der Waals surface area contributed by atoms with Crippen molar-refractivity contribution in [2.75, 3.05) is 5.32 Å². The predicted molar refractivity (Wildman–Crippen MR) is 96.4 cm³/mol. The van der Waals surface area contributed by atoms with Crippen molar-refractivity contribution in [3.63, 3.8) is 0 Å². The average Bonchev–Trinajstić information content (AvgIpc) is 2.50. The quantitative estimate of drug-likeness (QED) is 0.707. The van der Waals surface area contributed by atoms with Crippen LogP contribution in [0.5, 0.6) is 0 Å². The molecule has 0 aliphatic rings. The van der Waals surface area contributed by atoms with Crippen LogP contribution in [0.4, 0.5) is 5.69 Å². The van der Waals surface area contributed by atoms with Crippen molar-refractivity contribution in [1.82, 2.24) is 0 Å². The summed E-state index contributed by atoms with van der Waals surface area (Å²) < 4.78 is 1.16. The molecule has 1 N–H and O–H groups in total. The molecule has 2 aromatic rings. The molecule has 0 fully saturated rings. The smallest absolute Gasteiger partial charge is 0.232 e. The summed E-state index contributed by atoms with van der Waals surface area (Å²) in [6.45, 7) is 4.25. The maximum Gasteiger partial charge on any atom is 0.232 e. The van der Waals surface area contributed by atoms with E-state index in [9.17, 15) is 4.79 Å². The summed E-state index contributed by atoms with van der Waals surface area (Å²) in [6.07, 6.45) is 0.972. The molecule has 0 saturated carbocycles. The molecule has 0 aliphatic carbocycles. The van der Waals surface area contributed by atoms with Crippen LogP contribution >= 0.6 is 22.6 Å². The van der Waals surface area contributed by atoms with Crippen LogP contribution in [-0.2, 0) is 4.79 Å². The van der Waals surface area contributed by atoms with Gasteiger partial charge in [-0.25, -0.2) is 0 Å². The van der Waals surface area contributed by atoms with Crippen LogP contribution in [0.15, 0.2) is 54.6 Å². The van der Waals surface area contributed by atoms with E-state index in [1.807, 2.05) is 54.6 Å². The number of carbonyl (C=O) groups is 1. The highest BCUT2D eigenvalue weighted by Gasteiger charge is 2.25. The Balaban J connectivity index is 2.20. The van der Waals surface area contributed by atoms with E-state index < -0.39 is 0 Å². The van der Waals surface area contributed by atoms with Gasteiger partial charge in [0.2, 0.25) is 5.91 Å². The van der Waals surface area contributed by atoms with Crippen LogP contribution in [0.3, 0.4) is 0 Å². The largest absolute Gasteiger partial charge is 0.326 e. The Morgan fingerprint density at radius 2 is 1.71 bits per heavy atom. The summed E-state index contributed by atoms with van der Waals surface area (Å²) in [5.41, 5.74) is 1.93. The van der Waals surface area contributed by atoms with Gasteiger partial charge in [0.25, 0.3) is 0 Å². The molecule has 0 heterocycles. The number of carbonyl (C=O) groups excluding carboxylic acids is 1. The van der Waals surface area contributed by atoms with Crippen molar-refractivity contribution < 1.29 is 4.79 Å². The number of hydrogen-bond acceptors (Lipinski definition) is 1. The lowest BCUT2D eigenvalue weighted by Crippen LogP contribution is -2.26. The Bertz CT molecular complexity index is 580. The molecule has 0 spiro atoms. The molecule has 1 amide bonds. The summed E-state index contributed by atoms with van der Waals surface area (Å²) in [5, 5.41) is 3.04. The molecule has 2 unspecified atom stereocenters. The Kier molecular flexibility index (Phi) is 5.79. The second kappa shape index (κ2) is 7.59. The second-order valence-electron chi connectivity index (χ2n) is 5.27. The van der Waals surface area contributed by atoms with E-state index in [-0.39, 0.29) is 11.8 Å². The predicted octanol–water partition coefficient (Wildman–Crippen LogP) is 5.06. The third-order valence-corrected chi connectivity index (χ3v) is 4.49. The van der Waals surface area contributed by atoms with E-state index in [4.69, 9.17) is 0 Å². The summed E-state index contributed by atoms with van der Waals surface area (Å²) in [7, 11) is 0. The summed E-state index contributed by atoms with van der Waals surface area (Å²) >= 11 is 2.26. The van der Waals surface area contributed by atoms with E-state index in [0.29, 0.717) is 5.92 Å². The van der Waals surface area contributed by atoms with Gasteiger partial charge >= 0.3 is 0 Å². The van der Waals surface area contributed by atoms with Crippen molar-refractivity contribution in [1.29, 1.82) is 0 Å². The van der Waals surface area contributed by atoms with Gasteiger partial charge in [-0.05, 0) is 58.3 Å². The maximum atomic E-state index is 12.7. The first-order chi connectivity index (χ1) is 10.1. The molecular formula is C18H20INO. The van der Waals surface area contributed by atoms with Gasteiger partial charge in [0.05, 0.1) is 5.92 Å². The molecule has 3 heteroatoms. The van der Waals surface area contributed by atoms with Crippen molar-refractivity contribution in [2.45, 2.75) is 26.2 Å². The first-order valence-electron chi connectivity index (χ1n) is 7.23. The van der Waals surface area contributed by atoms with E-state index in [2.05, 4.69) is 41.8 Å². The van der Waals surface area contributed by atoms with Crippen LogP contribution < -0.4 is 5.32 Å². The zero-order chi connectivity index (χ0) is 15.2. The molecule has 0 saturated heterocycles. The van der Waals surface area contributed by atoms with Crippen molar-refractivity contribution in [3.8, 4) is 0 Å². The average molecular weight is 393 g/mol. The van der Waals surface area contributed by atoms with E-state index >= 15 is 0 Å². The topological polar surface area (TPSA) is 29.1 Å². The Hall–Kier alpha value is -1.36. The Labute approximate surface area is 140 Å². The maximum absolute atomic E-state index is 12.7. The molecule has 2 atom stereocenters. The number of rotatable bonds is 5. The van der Waals surface area contributed by atoms with Gasteiger partial charge in [-0.2, -0.15) is 0 Å². The number of amides is 1. The molecule has 2 rings (SSSR count). The summed E-state index contributed by atoms with van der Waals surface area (Å²) in [5.74, 6) is 0.253. The van der Waals surface area contributed by atoms with Gasteiger partial charge in [0.15, 0.2) is 0 Å². The van der Waals surface area contributed by atoms with Crippen LogP contribution in [0, 0.1) is 9.49 Å². The third kappa shape index (κ3) is 4.30. The van der Waals surface area contributed by atoms with Gasteiger partial charge in [-0.15, -0.1) is 0 Å². The van der Waals surface area contributed by atoms with Gasteiger partial charge in [0.1, 0.15) is 0 Å². The lowest BCUT2D eigenvalue weighted by molar-refractivity contribution is -0.118. The van der Waals surface area contributed by atoms with Crippen molar-refractivity contribution >= 4 is 34.2 Å². The number of anilines is 1. The van der Waals surface area contributed by atoms with Crippen LogP contribution in [0.2, 0.25) is 0 Å². The highest BCUT2D eigenvalue weighted by molar-refractivity contribution is 14.1. The molecule has 2 nitrogen and oxygen atoms in total. The lowest BCUT2D eigenvalue weighted by atomic mass is 9.85. The van der Waals surface area contributed by atoms with Crippen LogP contribution in [0.25, 0.3) is 0 Å². The first kappa shape index (κ1) is 16.0. The number of hydrogen-bond donors (Lipinski definition) is 1. The fraction of sp³-hybridized carbons (Fsp3) is 0.278. The van der Waals surface area contributed by atoms with Gasteiger partial charge in [0, 0.05) is 9.26 Å². The highest BCUT2D eigenvalue weighted by Crippen LogP contribution is 2.28. The lowest BCUT2D eigenvalue weighted by Gasteiger charge is -2.22. The zero-order valence-electron chi connectivity index (χ0n) is 12.3. The fourth-order valence-corrected chi connectivity index (χ4v) is 2.75. The van der Waals surface area contributed by atoms with Crippen LogP contribution in [-0.4, -0.2) is 5.91 Å². The molecule has 0 bridgehead atoms. The minimum Gasteiger partial charge on any atom is -0.326 e. The molecule has 0 aromatic heterocycles. The van der Waals surface area contributed by atoms with E-state index in [0.717, 1.165) is 21.2 Å². The molecular weight excluding hydrogens is 373 g/mol. The standard InChI is InChI=1S/C18H20INO/c1-3-13(2)17(14-7-5-4-6-8-14)18(21)20-16-11-9-15(19)10-12-16/h4-13,17H,3H2,1-2H3,(H,20,21). The number of halogens is 1. The van der Waals surface area contributed by atoms with Gasteiger partial charge < -0.3 is 5.32 Å². The van der Waals surface area contributed by atoms with E-state index in [1.54, 1.807) is 0 Å². The monoisotopic (exact) mass is 393 g/mol. The minimum absolute atomic E-state index is 0.0664. The molecule has 0 aliphatic heterocycles. The third-order valence-electron chi connectivity index (χ3n) is 3.77. The summed E-state index contributed by atoms with van der Waals surface area (Å²) in [4.78, 5) is 12.7. The molecule has 0 radical (unpaired) electrons. The van der Waals surface area contributed by atoms with E-state index in [1.165, 1.54) is 0 Å². The second-order valence-corrected chi connectivity index (χ2v) is 6.52. The fourth-order valence-electron chi connectivity index (χ4n) is 2.39. The van der Waals surface area contributed by atoms with Crippen molar-refractivity contribution in [3.05, 3.63) is 63.7 Å². The normalized spacial score (nSPS) is 13.5. The van der Waals surface area contributed by atoms with Gasteiger partial charge in [-0.3, -0.25) is 4.79 Å². The highest BCUT2D eigenvalue weighted by atomic mass is 127. The molecule has 110 valence electrons. The van der Waals surface area contributed by atoms with Crippen LogP contribution in [0.1, 0.15) is 31.7 Å². The number of benzene rings is 2. The number of nitrogens with one attached hydrogen (secondary N) is 1. The summed E-state index contributed by atoms with van der Waals surface area (Å²) in [6, 6.07) is 17.9. The Morgan fingerprint density at radius 3 is 2.29 bits per heavy atom. The van der Waals surface area contributed by atoms with Gasteiger partial charge in [-0.1, -0.05) is 50.6 Å². The zero-order valence-corrected chi connectivity index (χ0v) is 14.5.